The molecule has 15 heavy (non-hydrogen) atoms. The van der Waals surface area contributed by atoms with E-state index in [1.165, 1.54) is 11.3 Å². The Morgan fingerprint density at radius 1 is 1.60 bits per heavy atom. The molecule has 0 fully saturated rings. The SMILES string of the molecule is CC(N)c1nc(C(=O)NC(C)(C)C)cs1. The first-order valence-electron chi connectivity index (χ1n) is 4.83. The summed E-state index contributed by atoms with van der Waals surface area (Å²) < 4.78 is 0. The van der Waals surface area contributed by atoms with Crippen LogP contribution in [0, 0.1) is 0 Å². The van der Waals surface area contributed by atoms with Crippen LogP contribution in [0.15, 0.2) is 5.38 Å². The molecule has 1 unspecified atom stereocenters. The number of nitrogens with one attached hydrogen (secondary N) is 1. The van der Waals surface area contributed by atoms with Gasteiger partial charge in [-0.25, -0.2) is 4.98 Å². The largest absolute Gasteiger partial charge is 0.346 e. The van der Waals surface area contributed by atoms with Crippen molar-refractivity contribution in [3.8, 4) is 0 Å². The van der Waals surface area contributed by atoms with Crippen LogP contribution >= 0.6 is 11.3 Å². The molecule has 3 N–H and O–H groups in total. The zero-order valence-electron chi connectivity index (χ0n) is 9.50. The quantitative estimate of drug-likeness (QED) is 0.808. The maximum Gasteiger partial charge on any atom is 0.271 e. The van der Waals surface area contributed by atoms with Crippen molar-refractivity contribution in [2.24, 2.45) is 5.73 Å². The Morgan fingerprint density at radius 2 is 2.20 bits per heavy atom. The summed E-state index contributed by atoms with van der Waals surface area (Å²) in [6.45, 7) is 7.65. The second-order valence-corrected chi connectivity index (χ2v) is 5.45. The zero-order valence-corrected chi connectivity index (χ0v) is 10.3. The van der Waals surface area contributed by atoms with E-state index in [0.717, 1.165) is 5.01 Å². The van der Waals surface area contributed by atoms with Gasteiger partial charge in [-0.1, -0.05) is 0 Å². The summed E-state index contributed by atoms with van der Waals surface area (Å²) in [6.07, 6.45) is 0. The van der Waals surface area contributed by atoms with Gasteiger partial charge in [-0.15, -0.1) is 11.3 Å². The van der Waals surface area contributed by atoms with Crippen molar-refractivity contribution in [2.45, 2.75) is 39.3 Å². The maximum absolute atomic E-state index is 11.7. The number of hydrogen-bond acceptors (Lipinski definition) is 4. The number of carbonyl (C=O) groups is 1. The Morgan fingerprint density at radius 3 is 2.60 bits per heavy atom. The molecular formula is C10H17N3OS. The molecule has 1 rings (SSSR count). The van der Waals surface area contributed by atoms with Crippen LogP contribution in [-0.2, 0) is 0 Å². The summed E-state index contributed by atoms with van der Waals surface area (Å²) in [4.78, 5) is 15.9. The number of aromatic nitrogens is 1. The van der Waals surface area contributed by atoms with Crippen LogP contribution in [0.2, 0.25) is 0 Å². The first kappa shape index (κ1) is 12.1. The van der Waals surface area contributed by atoms with E-state index in [1.54, 1.807) is 5.38 Å². The van der Waals surface area contributed by atoms with E-state index >= 15 is 0 Å². The molecule has 0 bridgehead atoms. The van der Waals surface area contributed by atoms with Crippen LogP contribution in [0.4, 0.5) is 0 Å². The van der Waals surface area contributed by atoms with Gasteiger partial charge in [0.05, 0.1) is 6.04 Å². The number of nitrogens with two attached hydrogens (primary N) is 1. The average molecular weight is 227 g/mol. The van der Waals surface area contributed by atoms with Gasteiger partial charge in [0, 0.05) is 10.9 Å². The Hall–Kier alpha value is -0.940. The van der Waals surface area contributed by atoms with Crippen LogP contribution in [0.5, 0.6) is 0 Å². The lowest BCUT2D eigenvalue weighted by Gasteiger charge is -2.19. The van der Waals surface area contributed by atoms with Gasteiger partial charge in [0.2, 0.25) is 0 Å². The predicted octanol–water partition coefficient (Wildman–Crippen LogP) is 1.69. The first-order valence-corrected chi connectivity index (χ1v) is 5.71. The third-order valence-electron chi connectivity index (χ3n) is 1.63. The second kappa shape index (κ2) is 4.28. The van der Waals surface area contributed by atoms with Crippen molar-refractivity contribution < 1.29 is 4.79 Å². The molecule has 84 valence electrons. The molecule has 1 aromatic heterocycles. The minimum absolute atomic E-state index is 0.119. The van der Waals surface area contributed by atoms with Gasteiger partial charge in [0.25, 0.3) is 5.91 Å². The van der Waals surface area contributed by atoms with Crippen molar-refractivity contribution in [3.63, 3.8) is 0 Å². The molecule has 0 aliphatic heterocycles. The number of nitrogens with zero attached hydrogens (tertiary/aromatic N) is 1. The van der Waals surface area contributed by atoms with Crippen molar-refractivity contribution in [3.05, 3.63) is 16.1 Å². The lowest BCUT2D eigenvalue weighted by Crippen LogP contribution is -2.40. The summed E-state index contributed by atoms with van der Waals surface area (Å²) >= 11 is 1.42. The zero-order chi connectivity index (χ0) is 11.6. The molecule has 0 aromatic carbocycles. The fourth-order valence-corrected chi connectivity index (χ4v) is 1.76. The van der Waals surface area contributed by atoms with Gasteiger partial charge in [-0.05, 0) is 27.7 Å². The van der Waals surface area contributed by atoms with Crippen LogP contribution in [-0.4, -0.2) is 16.4 Å². The second-order valence-electron chi connectivity index (χ2n) is 4.56. The van der Waals surface area contributed by atoms with Crippen molar-refractivity contribution in [1.82, 2.24) is 10.3 Å². The lowest BCUT2D eigenvalue weighted by atomic mass is 10.1. The molecule has 1 amide bonds. The minimum atomic E-state index is -0.241. The van der Waals surface area contributed by atoms with Gasteiger partial charge in [-0.3, -0.25) is 4.79 Å². The number of amides is 1. The highest BCUT2D eigenvalue weighted by Crippen LogP contribution is 2.16. The molecule has 1 atom stereocenters. The Bertz CT molecular complexity index is 352. The van der Waals surface area contributed by atoms with E-state index < -0.39 is 0 Å². The molecule has 0 aliphatic rings. The van der Waals surface area contributed by atoms with Crippen molar-refractivity contribution in [2.75, 3.05) is 0 Å². The average Bonchev–Trinajstić information content (AvgIpc) is 2.47. The van der Waals surface area contributed by atoms with E-state index in [1.807, 2.05) is 27.7 Å². The number of carbonyl (C=O) groups excluding carboxylic acids is 1. The van der Waals surface area contributed by atoms with E-state index in [4.69, 9.17) is 5.73 Å². The minimum Gasteiger partial charge on any atom is -0.346 e. The highest BCUT2D eigenvalue weighted by atomic mass is 32.1. The molecular weight excluding hydrogens is 210 g/mol. The number of hydrogen-bond donors (Lipinski definition) is 2. The van der Waals surface area contributed by atoms with Crippen LogP contribution < -0.4 is 11.1 Å². The van der Waals surface area contributed by atoms with E-state index in [9.17, 15) is 4.79 Å². The topological polar surface area (TPSA) is 68.0 Å². The monoisotopic (exact) mass is 227 g/mol. The third kappa shape index (κ3) is 3.60. The summed E-state index contributed by atoms with van der Waals surface area (Å²) in [5.74, 6) is -0.148. The fraction of sp³-hybridized carbons (Fsp3) is 0.600. The molecule has 0 aliphatic carbocycles. The number of rotatable bonds is 2. The Kier molecular flexibility index (Phi) is 3.46. The highest BCUT2D eigenvalue weighted by molar-refractivity contribution is 7.09. The predicted molar refractivity (Wildman–Crippen MR) is 61.9 cm³/mol. The first-order chi connectivity index (χ1) is 6.79. The summed E-state index contributed by atoms with van der Waals surface area (Å²) in [5.41, 5.74) is 5.88. The molecule has 5 heteroatoms. The summed E-state index contributed by atoms with van der Waals surface area (Å²) in [6, 6.07) is -0.119. The van der Waals surface area contributed by atoms with E-state index in [0.29, 0.717) is 5.69 Å². The summed E-state index contributed by atoms with van der Waals surface area (Å²) in [5, 5.41) is 5.37. The Balaban J connectivity index is 2.75. The van der Waals surface area contributed by atoms with E-state index in [-0.39, 0.29) is 17.5 Å². The molecule has 0 spiro atoms. The smallest absolute Gasteiger partial charge is 0.271 e. The van der Waals surface area contributed by atoms with Gasteiger partial charge < -0.3 is 11.1 Å². The molecule has 0 saturated heterocycles. The van der Waals surface area contributed by atoms with Crippen LogP contribution in [0.3, 0.4) is 0 Å². The van der Waals surface area contributed by atoms with Crippen molar-refractivity contribution in [1.29, 1.82) is 0 Å². The van der Waals surface area contributed by atoms with Gasteiger partial charge in [0.15, 0.2) is 0 Å². The Labute approximate surface area is 93.9 Å². The van der Waals surface area contributed by atoms with Gasteiger partial charge in [0.1, 0.15) is 10.7 Å². The number of thiazole rings is 1. The standard InChI is InChI=1S/C10H17N3OS/c1-6(11)9-12-7(5-15-9)8(14)13-10(2,3)4/h5-6H,11H2,1-4H3,(H,13,14). The van der Waals surface area contributed by atoms with Crippen LogP contribution in [0.25, 0.3) is 0 Å². The maximum atomic E-state index is 11.7. The van der Waals surface area contributed by atoms with E-state index in [2.05, 4.69) is 10.3 Å². The molecule has 0 radical (unpaired) electrons. The molecule has 1 aromatic rings. The lowest BCUT2D eigenvalue weighted by molar-refractivity contribution is 0.0915. The normalized spacial score (nSPS) is 13.7. The molecule has 4 nitrogen and oxygen atoms in total. The fourth-order valence-electron chi connectivity index (χ4n) is 1.01. The third-order valence-corrected chi connectivity index (χ3v) is 2.68. The highest BCUT2D eigenvalue weighted by Gasteiger charge is 2.18. The molecule has 1 heterocycles. The van der Waals surface area contributed by atoms with Gasteiger partial charge in [-0.2, -0.15) is 0 Å². The van der Waals surface area contributed by atoms with Gasteiger partial charge >= 0.3 is 0 Å². The van der Waals surface area contributed by atoms with Crippen molar-refractivity contribution >= 4 is 17.2 Å². The van der Waals surface area contributed by atoms with Crippen LogP contribution in [0.1, 0.15) is 49.2 Å². The summed E-state index contributed by atoms with van der Waals surface area (Å²) in [7, 11) is 0. The molecule has 0 saturated carbocycles.